The molecule has 0 spiro atoms. The molecule has 1 rings (SSSR count). The molecular formula is C13H26N2O. The average Bonchev–Trinajstić information content (AvgIpc) is 2.35. The zero-order valence-electron chi connectivity index (χ0n) is 11.0. The standard InChI is InChI=1S/C13H26N2O/c1-4-11(2)12-7-5-6-10-15(12)13(16)8-9-14-3/h11-12,14H,4-10H2,1-3H3. The van der Waals surface area contributed by atoms with E-state index in [9.17, 15) is 4.79 Å². The Balaban J connectivity index is 2.55. The molecule has 1 N–H and O–H groups in total. The molecule has 0 bridgehead atoms. The number of nitrogens with one attached hydrogen (secondary N) is 1. The van der Waals surface area contributed by atoms with Crippen molar-refractivity contribution in [2.75, 3.05) is 20.1 Å². The monoisotopic (exact) mass is 226 g/mol. The van der Waals surface area contributed by atoms with Gasteiger partial charge in [-0.15, -0.1) is 0 Å². The molecule has 94 valence electrons. The van der Waals surface area contributed by atoms with Gasteiger partial charge in [-0.05, 0) is 32.2 Å². The van der Waals surface area contributed by atoms with E-state index in [-0.39, 0.29) is 0 Å². The minimum absolute atomic E-state index is 0.333. The second kappa shape index (κ2) is 6.89. The van der Waals surface area contributed by atoms with Crippen LogP contribution in [0.2, 0.25) is 0 Å². The third kappa shape index (κ3) is 3.48. The van der Waals surface area contributed by atoms with Crippen LogP contribution in [-0.2, 0) is 4.79 Å². The number of hydrogen-bond donors (Lipinski definition) is 1. The van der Waals surface area contributed by atoms with Crippen LogP contribution in [-0.4, -0.2) is 37.0 Å². The fraction of sp³-hybridized carbons (Fsp3) is 0.923. The summed E-state index contributed by atoms with van der Waals surface area (Å²) < 4.78 is 0. The number of likely N-dealkylation sites (tertiary alicyclic amines) is 1. The Hall–Kier alpha value is -0.570. The lowest BCUT2D eigenvalue weighted by molar-refractivity contribution is -0.136. The summed E-state index contributed by atoms with van der Waals surface area (Å²) in [7, 11) is 1.90. The highest BCUT2D eigenvalue weighted by molar-refractivity contribution is 5.76. The van der Waals surface area contributed by atoms with Gasteiger partial charge in [-0.1, -0.05) is 20.3 Å². The van der Waals surface area contributed by atoms with Crippen LogP contribution in [0.3, 0.4) is 0 Å². The van der Waals surface area contributed by atoms with Gasteiger partial charge in [0.15, 0.2) is 0 Å². The Bertz CT molecular complexity index is 218. The van der Waals surface area contributed by atoms with Gasteiger partial charge in [0.25, 0.3) is 0 Å². The van der Waals surface area contributed by atoms with E-state index in [2.05, 4.69) is 24.1 Å². The first-order chi connectivity index (χ1) is 7.70. The number of carbonyl (C=O) groups excluding carboxylic acids is 1. The SMILES string of the molecule is CCC(C)C1CCCCN1C(=O)CCNC. The summed E-state index contributed by atoms with van der Waals surface area (Å²) in [6.45, 7) is 6.25. The van der Waals surface area contributed by atoms with Crippen molar-refractivity contribution in [1.29, 1.82) is 0 Å². The summed E-state index contributed by atoms with van der Waals surface area (Å²) in [4.78, 5) is 14.2. The highest BCUT2D eigenvalue weighted by atomic mass is 16.2. The van der Waals surface area contributed by atoms with Crippen molar-refractivity contribution in [2.45, 2.75) is 52.0 Å². The van der Waals surface area contributed by atoms with Gasteiger partial charge in [-0.25, -0.2) is 0 Å². The van der Waals surface area contributed by atoms with Crippen molar-refractivity contribution in [3.05, 3.63) is 0 Å². The average molecular weight is 226 g/mol. The van der Waals surface area contributed by atoms with Crippen LogP contribution >= 0.6 is 0 Å². The van der Waals surface area contributed by atoms with Crippen LogP contribution in [0.4, 0.5) is 0 Å². The third-order valence-electron chi connectivity index (χ3n) is 3.76. The maximum absolute atomic E-state index is 12.1. The molecule has 2 unspecified atom stereocenters. The topological polar surface area (TPSA) is 32.3 Å². The molecule has 0 aliphatic carbocycles. The normalized spacial score (nSPS) is 23.2. The Morgan fingerprint density at radius 3 is 2.88 bits per heavy atom. The molecule has 0 aromatic carbocycles. The van der Waals surface area contributed by atoms with Gasteiger partial charge in [-0.2, -0.15) is 0 Å². The van der Waals surface area contributed by atoms with Gasteiger partial charge in [0, 0.05) is 25.6 Å². The number of amides is 1. The van der Waals surface area contributed by atoms with Crippen molar-refractivity contribution in [3.8, 4) is 0 Å². The Labute approximate surface area is 99.6 Å². The number of carbonyl (C=O) groups is 1. The molecule has 0 aromatic heterocycles. The zero-order valence-corrected chi connectivity index (χ0v) is 11.0. The van der Waals surface area contributed by atoms with Gasteiger partial charge >= 0.3 is 0 Å². The van der Waals surface area contributed by atoms with Crippen molar-refractivity contribution < 1.29 is 4.79 Å². The van der Waals surface area contributed by atoms with E-state index in [4.69, 9.17) is 0 Å². The summed E-state index contributed by atoms with van der Waals surface area (Å²) in [6, 6.07) is 0.489. The molecule has 1 aliphatic rings. The molecule has 3 nitrogen and oxygen atoms in total. The molecule has 0 radical (unpaired) electrons. The first kappa shape index (κ1) is 13.5. The molecule has 16 heavy (non-hydrogen) atoms. The van der Waals surface area contributed by atoms with Crippen molar-refractivity contribution >= 4 is 5.91 Å². The summed E-state index contributed by atoms with van der Waals surface area (Å²) in [5.74, 6) is 0.971. The van der Waals surface area contributed by atoms with Crippen LogP contribution in [0.15, 0.2) is 0 Å². The molecule has 0 saturated carbocycles. The molecule has 1 heterocycles. The summed E-state index contributed by atoms with van der Waals surface area (Å²) >= 11 is 0. The van der Waals surface area contributed by atoms with E-state index >= 15 is 0 Å². The molecule has 1 fully saturated rings. The van der Waals surface area contributed by atoms with Crippen LogP contribution in [0.5, 0.6) is 0 Å². The van der Waals surface area contributed by atoms with Gasteiger partial charge in [0.1, 0.15) is 0 Å². The Kier molecular flexibility index (Phi) is 5.81. The van der Waals surface area contributed by atoms with Crippen LogP contribution in [0.1, 0.15) is 46.0 Å². The number of rotatable bonds is 5. The van der Waals surface area contributed by atoms with Gasteiger partial charge in [-0.3, -0.25) is 4.79 Å². The van der Waals surface area contributed by atoms with E-state index in [1.54, 1.807) is 0 Å². The summed E-state index contributed by atoms with van der Waals surface area (Å²) in [6.07, 6.45) is 5.47. The maximum atomic E-state index is 12.1. The highest BCUT2D eigenvalue weighted by Crippen LogP contribution is 2.25. The predicted octanol–water partition coefficient (Wildman–Crippen LogP) is 2.02. The molecule has 1 aliphatic heterocycles. The van der Waals surface area contributed by atoms with Crippen molar-refractivity contribution in [1.82, 2.24) is 10.2 Å². The molecule has 1 amide bonds. The highest BCUT2D eigenvalue weighted by Gasteiger charge is 2.29. The van der Waals surface area contributed by atoms with Gasteiger partial charge in [0.05, 0.1) is 0 Å². The molecule has 2 atom stereocenters. The van der Waals surface area contributed by atoms with Crippen LogP contribution in [0.25, 0.3) is 0 Å². The minimum Gasteiger partial charge on any atom is -0.339 e. The third-order valence-corrected chi connectivity index (χ3v) is 3.76. The molecule has 0 aromatic rings. The largest absolute Gasteiger partial charge is 0.339 e. The fourth-order valence-electron chi connectivity index (χ4n) is 2.51. The second-order valence-corrected chi connectivity index (χ2v) is 4.89. The maximum Gasteiger partial charge on any atom is 0.224 e. The summed E-state index contributed by atoms with van der Waals surface area (Å²) in [5.41, 5.74) is 0. The molecule has 1 saturated heterocycles. The van der Waals surface area contributed by atoms with Gasteiger partial charge in [0.2, 0.25) is 5.91 Å². The van der Waals surface area contributed by atoms with E-state index in [0.717, 1.165) is 13.1 Å². The van der Waals surface area contributed by atoms with E-state index in [0.29, 0.717) is 24.3 Å². The van der Waals surface area contributed by atoms with E-state index in [1.165, 1.54) is 25.7 Å². The van der Waals surface area contributed by atoms with Crippen LogP contribution in [0, 0.1) is 5.92 Å². The lowest BCUT2D eigenvalue weighted by atomic mass is 9.89. The zero-order chi connectivity index (χ0) is 12.0. The van der Waals surface area contributed by atoms with Gasteiger partial charge < -0.3 is 10.2 Å². The lowest BCUT2D eigenvalue weighted by Crippen LogP contribution is -2.47. The van der Waals surface area contributed by atoms with E-state index < -0.39 is 0 Å². The number of piperidine rings is 1. The first-order valence-electron chi connectivity index (χ1n) is 6.64. The minimum atomic E-state index is 0.333. The fourth-order valence-corrected chi connectivity index (χ4v) is 2.51. The van der Waals surface area contributed by atoms with Crippen molar-refractivity contribution in [3.63, 3.8) is 0 Å². The van der Waals surface area contributed by atoms with E-state index in [1.807, 2.05) is 7.05 Å². The van der Waals surface area contributed by atoms with Crippen LogP contribution < -0.4 is 5.32 Å². The Morgan fingerprint density at radius 1 is 1.50 bits per heavy atom. The molecule has 3 heteroatoms. The lowest BCUT2D eigenvalue weighted by Gasteiger charge is -2.39. The number of hydrogen-bond acceptors (Lipinski definition) is 2. The van der Waals surface area contributed by atoms with Crippen molar-refractivity contribution in [2.24, 2.45) is 5.92 Å². The smallest absolute Gasteiger partial charge is 0.224 e. The predicted molar refractivity (Wildman–Crippen MR) is 67.4 cm³/mol. The second-order valence-electron chi connectivity index (χ2n) is 4.89. The summed E-state index contributed by atoms with van der Waals surface area (Å²) in [5, 5.41) is 3.05. The Morgan fingerprint density at radius 2 is 2.25 bits per heavy atom. The number of nitrogens with zero attached hydrogens (tertiary/aromatic N) is 1. The molecular weight excluding hydrogens is 200 g/mol. The quantitative estimate of drug-likeness (QED) is 0.778. The first-order valence-corrected chi connectivity index (χ1v) is 6.64.